The highest BCUT2D eigenvalue weighted by Crippen LogP contribution is 2.37. The summed E-state index contributed by atoms with van der Waals surface area (Å²) in [4.78, 5) is 12.3. The second-order valence-corrected chi connectivity index (χ2v) is 10.7. The molecule has 5 nitrogen and oxygen atoms in total. The lowest BCUT2D eigenvalue weighted by Gasteiger charge is -2.19. The minimum Gasteiger partial charge on any atom is -0.493 e. The summed E-state index contributed by atoms with van der Waals surface area (Å²) in [5.74, 6) is 0.838. The second-order valence-electron chi connectivity index (χ2n) is 8.98. The van der Waals surface area contributed by atoms with Crippen molar-refractivity contribution in [3.05, 3.63) is 91.4 Å². The van der Waals surface area contributed by atoms with Gasteiger partial charge < -0.3 is 9.47 Å². The van der Waals surface area contributed by atoms with E-state index in [4.69, 9.17) is 32.7 Å². The van der Waals surface area contributed by atoms with Crippen LogP contribution in [0.5, 0.6) is 11.5 Å². The van der Waals surface area contributed by atoms with E-state index in [-0.39, 0.29) is 24.3 Å². The fourth-order valence-corrected chi connectivity index (χ4v) is 4.31. The molecule has 3 aromatic carbocycles. The van der Waals surface area contributed by atoms with Crippen molar-refractivity contribution >= 4 is 51.3 Å². The van der Waals surface area contributed by atoms with E-state index in [9.17, 15) is 4.79 Å². The van der Waals surface area contributed by atoms with Crippen molar-refractivity contribution in [3.8, 4) is 11.5 Å². The molecule has 0 saturated carbocycles. The molecular weight excluding hydrogens is 551 g/mol. The van der Waals surface area contributed by atoms with Crippen molar-refractivity contribution in [2.45, 2.75) is 39.2 Å². The largest absolute Gasteiger partial charge is 0.493 e. The van der Waals surface area contributed by atoms with Crippen molar-refractivity contribution < 1.29 is 14.3 Å². The molecule has 0 spiro atoms. The average molecular weight is 578 g/mol. The van der Waals surface area contributed by atoms with Crippen LogP contribution in [-0.4, -0.2) is 19.2 Å². The van der Waals surface area contributed by atoms with Crippen LogP contribution in [0, 0.1) is 0 Å². The molecule has 0 saturated heterocycles. The Hall–Kier alpha value is -2.54. The Kier molecular flexibility index (Phi) is 9.22. The molecule has 35 heavy (non-hydrogen) atoms. The molecule has 0 fully saturated rings. The summed E-state index contributed by atoms with van der Waals surface area (Å²) in [5.41, 5.74) is 6.32. The summed E-state index contributed by atoms with van der Waals surface area (Å²) in [6, 6.07) is 16.9. The number of hydrazone groups is 1. The van der Waals surface area contributed by atoms with Gasteiger partial charge in [0.15, 0.2) is 11.5 Å². The van der Waals surface area contributed by atoms with Crippen LogP contribution in [0.25, 0.3) is 0 Å². The van der Waals surface area contributed by atoms with Gasteiger partial charge in [-0.05, 0) is 62.3 Å². The highest BCUT2D eigenvalue weighted by atomic mass is 79.9. The predicted octanol–water partition coefficient (Wildman–Crippen LogP) is 7.33. The van der Waals surface area contributed by atoms with Crippen LogP contribution in [0.4, 0.5) is 0 Å². The van der Waals surface area contributed by atoms with Gasteiger partial charge in [0.05, 0.1) is 24.2 Å². The number of rotatable bonds is 8. The van der Waals surface area contributed by atoms with Gasteiger partial charge in [-0.15, -0.1) is 0 Å². The van der Waals surface area contributed by atoms with E-state index >= 15 is 0 Å². The number of benzene rings is 3. The standard InChI is InChI=1S/C27H27BrCl2N2O3/c1-27(2,3)20-8-5-17(6-9-20)13-25(33)32-31-15-18-11-22(28)26(24(12-18)34-4)35-16-19-7-10-21(29)14-23(19)30/h5-12,14-15H,13,16H2,1-4H3,(H,32,33)/b31-15-. The zero-order valence-electron chi connectivity index (χ0n) is 20.0. The van der Waals surface area contributed by atoms with Crippen LogP contribution in [-0.2, 0) is 23.2 Å². The number of hydrogen-bond donors (Lipinski definition) is 1. The lowest BCUT2D eigenvalue weighted by atomic mass is 9.86. The number of nitrogens with zero attached hydrogens (tertiary/aromatic N) is 1. The van der Waals surface area contributed by atoms with Crippen molar-refractivity contribution in [2.75, 3.05) is 7.11 Å². The Labute approximate surface area is 224 Å². The van der Waals surface area contributed by atoms with Crippen molar-refractivity contribution in [1.29, 1.82) is 0 Å². The predicted molar refractivity (Wildman–Crippen MR) is 146 cm³/mol. The zero-order chi connectivity index (χ0) is 25.6. The molecular formula is C27H27BrCl2N2O3. The molecule has 3 aromatic rings. The topological polar surface area (TPSA) is 59.9 Å². The summed E-state index contributed by atoms with van der Waals surface area (Å²) in [6.45, 7) is 6.71. The molecule has 1 N–H and O–H groups in total. The summed E-state index contributed by atoms with van der Waals surface area (Å²) in [7, 11) is 1.55. The first-order chi connectivity index (χ1) is 16.6. The van der Waals surface area contributed by atoms with Gasteiger partial charge in [-0.1, -0.05) is 74.3 Å². The maximum absolute atomic E-state index is 12.3. The number of halogens is 3. The molecule has 0 heterocycles. The number of nitrogens with one attached hydrogen (secondary N) is 1. The Morgan fingerprint density at radius 3 is 2.43 bits per heavy atom. The molecule has 3 rings (SSSR count). The van der Waals surface area contributed by atoms with Crippen molar-refractivity contribution in [2.24, 2.45) is 5.10 Å². The van der Waals surface area contributed by atoms with E-state index in [2.05, 4.69) is 59.4 Å². The van der Waals surface area contributed by atoms with Gasteiger partial charge in [-0.2, -0.15) is 5.10 Å². The van der Waals surface area contributed by atoms with E-state index < -0.39 is 0 Å². The number of carbonyl (C=O) groups excluding carboxylic acids is 1. The summed E-state index contributed by atoms with van der Waals surface area (Å²) in [6.07, 6.45) is 1.79. The molecule has 0 aromatic heterocycles. The fraction of sp³-hybridized carbons (Fsp3) is 0.259. The first kappa shape index (κ1) is 27.1. The number of hydrogen-bond acceptors (Lipinski definition) is 4. The molecule has 0 bridgehead atoms. The van der Waals surface area contributed by atoms with Gasteiger partial charge in [-0.3, -0.25) is 4.79 Å². The fourth-order valence-electron chi connectivity index (χ4n) is 3.27. The third-order valence-corrected chi connectivity index (χ3v) is 6.40. The Balaban J connectivity index is 1.62. The van der Waals surface area contributed by atoms with Gasteiger partial charge in [-0.25, -0.2) is 5.43 Å². The van der Waals surface area contributed by atoms with Gasteiger partial charge >= 0.3 is 0 Å². The van der Waals surface area contributed by atoms with E-state index in [1.165, 1.54) is 5.56 Å². The second kappa shape index (κ2) is 11.9. The van der Waals surface area contributed by atoms with Crippen molar-refractivity contribution in [1.82, 2.24) is 5.43 Å². The Morgan fingerprint density at radius 1 is 1.09 bits per heavy atom. The quantitative estimate of drug-likeness (QED) is 0.225. The summed E-state index contributed by atoms with van der Waals surface area (Å²) in [5, 5.41) is 5.17. The van der Waals surface area contributed by atoms with E-state index in [0.29, 0.717) is 26.0 Å². The number of amides is 1. The van der Waals surface area contributed by atoms with Gasteiger partial charge in [0.25, 0.3) is 0 Å². The van der Waals surface area contributed by atoms with E-state index in [1.54, 1.807) is 31.5 Å². The van der Waals surface area contributed by atoms with E-state index in [1.807, 2.05) is 24.3 Å². The maximum atomic E-state index is 12.3. The van der Waals surface area contributed by atoms with Crippen LogP contribution >= 0.6 is 39.1 Å². The monoisotopic (exact) mass is 576 g/mol. The molecule has 0 aliphatic rings. The van der Waals surface area contributed by atoms with E-state index in [0.717, 1.165) is 16.7 Å². The first-order valence-corrected chi connectivity index (χ1v) is 12.5. The number of ether oxygens (including phenoxy) is 2. The van der Waals surface area contributed by atoms with Crippen LogP contribution in [0.15, 0.2) is 64.2 Å². The van der Waals surface area contributed by atoms with Crippen molar-refractivity contribution in [3.63, 3.8) is 0 Å². The highest BCUT2D eigenvalue weighted by molar-refractivity contribution is 9.10. The molecule has 0 radical (unpaired) electrons. The molecule has 1 amide bonds. The van der Waals surface area contributed by atoms with Gasteiger partial charge in [0, 0.05) is 15.6 Å². The lowest BCUT2D eigenvalue weighted by Crippen LogP contribution is -2.20. The minimum atomic E-state index is -0.199. The highest BCUT2D eigenvalue weighted by Gasteiger charge is 2.14. The van der Waals surface area contributed by atoms with Crippen LogP contribution in [0.3, 0.4) is 0 Å². The molecule has 0 atom stereocenters. The number of carbonyl (C=O) groups is 1. The first-order valence-electron chi connectivity index (χ1n) is 10.9. The SMILES string of the molecule is COc1cc(/C=N\NC(=O)Cc2ccc(C(C)(C)C)cc2)cc(Br)c1OCc1ccc(Cl)cc1Cl. The maximum Gasteiger partial charge on any atom is 0.244 e. The normalized spacial score (nSPS) is 11.5. The van der Waals surface area contributed by atoms with Gasteiger partial charge in [0.2, 0.25) is 5.91 Å². The van der Waals surface area contributed by atoms with Gasteiger partial charge in [0.1, 0.15) is 6.61 Å². The summed E-state index contributed by atoms with van der Waals surface area (Å²) >= 11 is 15.7. The van der Waals surface area contributed by atoms with Crippen LogP contribution in [0.2, 0.25) is 10.0 Å². The Bertz CT molecular complexity index is 1220. The third-order valence-electron chi connectivity index (χ3n) is 5.23. The molecule has 8 heteroatoms. The zero-order valence-corrected chi connectivity index (χ0v) is 23.1. The minimum absolute atomic E-state index is 0.0733. The smallest absolute Gasteiger partial charge is 0.244 e. The molecule has 0 aliphatic carbocycles. The summed E-state index contributed by atoms with van der Waals surface area (Å²) < 4.78 is 12.1. The molecule has 0 unspecified atom stereocenters. The molecule has 0 aliphatic heterocycles. The number of methoxy groups -OCH3 is 1. The molecule has 184 valence electrons. The average Bonchev–Trinajstić information content (AvgIpc) is 2.79. The third kappa shape index (κ3) is 7.72. The van der Waals surface area contributed by atoms with Crippen LogP contribution in [0.1, 0.15) is 43.0 Å². The Morgan fingerprint density at radius 2 is 1.80 bits per heavy atom. The van der Waals surface area contributed by atoms with Crippen LogP contribution < -0.4 is 14.9 Å². The lowest BCUT2D eigenvalue weighted by molar-refractivity contribution is -0.120.